The van der Waals surface area contributed by atoms with Gasteiger partial charge in [-0.15, -0.1) is 0 Å². The zero-order valence-electron chi connectivity index (χ0n) is 15.0. The molecule has 0 unspecified atom stereocenters. The number of phenols is 1. The van der Waals surface area contributed by atoms with Crippen LogP contribution in [0, 0.1) is 5.92 Å². The molecule has 3 aliphatic rings. The maximum atomic E-state index is 10.9. The third-order valence-electron chi connectivity index (χ3n) is 6.96. The van der Waals surface area contributed by atoms with E-state index >= 15 is 0 Å². The van der Waals surface area contributed by atoms with Crippen LogP contribution >= 0.6 is 0 Å². The molecule has 2 aromatic rings. The molecule has 1 aliphatic heterocycles. The maximum Gasteiger partial charge on any atom is 0.118 e. The Hall–Kier alpha value is -2.04. The van der Waals surface area contributed by atoms with Crippen LogP contribution in [-0.2, 0) is 11.8 Å². The summed E-state index contributed by atoms with van der Waals surface area (Å²) in [6, 6.07) is 13.7. The topological polar surface area (TPSA) is 55.7 Å². The highest BCUT2D eigenvalue weighted by molar-refractivity contribution is 5.69. The fraction of sp³-hybridized carbons (Fsp3) is 0.455. The molecule has 1 saturated heterocycles. The van der Waals surface area contributed by atoms with Crippen LogP contribution in [0.4, 0.5) is 11.4 Å². The van der Waals surface area contributed by atoms with E-state index in [2.05, 4.69) is 5.32 Å². The Morgan fingerprint density at radius 3 is 2.77 bits per heavy atom. The summed E-state index contributed by atoms with van der Waals surface area (Å²) in [6.07, 6.45) is 7.07. The SMILES string of the molecule is Oc1cc(N(O)c2ccccc2)c2c(c1)[C@@]13CCCC[C@H]1[C@@H](C2)NCC3. The van der Waals surface area contributed by atoms with E-state index in [0.29, 0.717) is 12.0 Å². The quantitative estimate of drug-likeness (QED) is 0.708. The minimum absolute atomic E-state index is 0.159. The highest BCUT2D eigenvalue weighted by Crippen LogP contribution is 2.56. The average Bonchev–Trinajstić information content (AvgIpc) is 2.68. The smallest absolute Gasteiger partial charge is 0.118 e. The van der Waals surface area contributed by atoms with Crippen LogP contribution in [0.5, 0.6) is 5.75 Å². The van der Waals surface area contributed by atoms with E-state index in [0.717, 1.165) is 30.8 Å². The van der Waals surface area contributed by atoms with Crippen LogP contribution in [0.25, 0.3) is 0 Å². The van der Waals surface area contributed by atoms with Crippen molar-refractivity contribution >= 4 is 11.4 Å². The van der Waals surface area contributed by atoms with E-state index in [-0.39, 0.29) is 11.2 Å². The van der Waals surface area contributed by atoms with Gasteiger partial charge in [0.25, 0.3) is 0 Å². The molecule has 2 aliphatic carbocycles. The second-order valence-electron chi connectivity index (χ2n) is 8.16. The van der Waals surface area contributed by atoms with Gasteiger partial charge in [-0.3, -0.25) is 5.21 Å². The number of nitrogens with one attached hydrogen (secondary N) is 1. The summed E-state index contributed by atoms with van der Waals surface area (Å²) in [5, 5.41) is 26.4. The van der Waals surface area contributed by atoms with Crippen molar-refractivity contribution in [3.8, 4) is 5.75 Å². The van der Waals surface area contributed by atoms with E-state index in [1.54, 1.807) is 6.07 Å². The number of phenolic OH excluding ortho intramolecular Hbond substituents is 1. The van der Waals surface area contributed by atoms with Gasteiger partial charge in [0.05, 0.1) is 11.4 Å². The van der Waals surface area contributed by atoms with Crippen molar-refractivity contribution in [1.82, 2.24) is 5.32 Å². The summed E-state index contributed by atoms with van der Waals surface area (Å²) in [5.74, 6) is 0.903. The van der Waals surface area contributed by atoms with Crippen LogP contribution in [-0.4, -0.2) is 22.9 Å². The molecule has 0 radical (unpaired) electrons. The van der Waals surface area contributed by atoms with E-state index < -0.39 is 0 Å². The molecular weight excluding hydrogens is 324 g/mol. The van der Waals surface area contributed by atoms with Gasteiger partial charge in [-0.2, -0.15) is 0 Å². The maximum absolute atomic E-state index is 10.9. The lowest BCUT2D eigenvalue weighted by atomic mass is 9.52. The predicted molar refractivity (Wildman–Crippen MR) is 102 cm³/mol. The first-order valence-corrected chi connectivity index (χ1v) is 9.83. The number of hydrogen-bond acceptors (Lipinski definition) is 4. The number of nitrogens with zero attached hydrogens (tertiary/aromatic N) is 1. The summed E-state index contributed by atoms with van der Waals surface area (Å²) >= 11 is 0. The van der Waals surface area contributed by atoms with Crippen molar-refractivity contribution in [3.63, 3.8) is 0 Å². The zero-order chi connectivity index (χ0) is 17.7. The zero-order valence-corrected chi connectivity index (χ0v) is 15.0. The normalized spacial score (nSPS) is 29.6. The highest BCUT2D eigenvalue weighted by atomic mass is 16.5. The van der Waals surface area contributed by atoms with Crippen LogP contribution in [0.15, 0.2) is 42.5 Å². The molecule has 26 heavy (non-hydrogen) atoms. The van der Waals surface area contributed by atoms with E-state index in [4.69, 9.17) is 0 Å². The molecule has 1 heterocycles. The summed E-state index contributed by atoms with van der Waals surface area (Å²) in [6.45, 7) is 1.05. The molecule has 1 saturated carbocycles. The van der Waals surface area contributed by atoms with E-state index in [9.17, 15) is 10.3 Å². The Labute approximate surface area is 154 Å². The van der Waals surface area contributed by atoms with Gasteiger partial charge in [-0.05, 0) is 67.5 Å². The summed E-state index contributed by atoms with van der Waals surface area (Å²) in [7, 11) is 0. The van der Waals surface area contributed by atoms with Crippen molar-refractivity contribution in [2.45, 2.75) is 50.0 Å². The van der Waals surface area contributed by atoms with Gasteiger partial charge in [-0.25, -0.2) is 5.06 Å². The van der Waals surface area contributed by atoms with Crippen molar-refractivity contribution in [3.05, 3.63) is 53.6 Å². The van der Waals surface area contributed by atoms with Crippen LogP contribution in [0.3, 0.4) is 0 Å². The van der Waals surface area contributed by atoms with Crippen LogP contribution < -0.4 is 10.4 Å². The minimum atomic E-state index is 0.159. The fourth-order valence-electron chi connectivity index (χ4n) is 5.89. The third-order valence-corrected chi connectivity index (χ3v) is 6.96. The molecular formula is C22H26N2O2. The first kappa shape index (κ1) is 16.2. The summed E-state index contributed by atoms with van der Waals surface area (Å²) in [5.41, 5.74) is 4.09. The molecule has 2 aromatic carbocycles. The van der Waals surface area contributed by atoms with Gasteiger partial charge in [0.2, 0.25) is 0 Å². The molecule has 3 atom stereocenters. The number of rotatable bonds is 2. The molecule has 3 N–H and O–H groups in total. The lowest BCUT2D eigenvalue weighted by molar-refractivity contribution is 0.0794. The predicted octanol–water partition coefficient (Wildman–Crippen LogP) is 4.27. The third kappa shape index (κ3) is 2.29. The molecule has 2 fully saturated rings. The number of benzene rings is 2. The number of para-hydroxylation sites is 1. The van der Waals surface area contributed by atoms with E-state index in [1.165, 1.54) is 41.9 Å². The van der Waals surface area contributed by atoms with Crippen molar-refractivity contribution < 1.29 is 10.3 Å². The number of aromatic hydroxyl groups is 1. The van der Waals surface area contributed by atoms with Crippen molar-refractivity contribution in [1.29, 1.82) is 0 Å². The van der Waals surface area contributed by atoms with Gasteiger partial charge in [0.15, 0.2) is 0 Å². The lowest BCUT2D eigenvalue weighted by Gasteiger charge is -2.56. The summed E-state index contributed by atoms with van der Waals surface area (Å²) in [4.78, 5) is 0. The number of piperidine rings is 1. The second kappa shape index (κ2) is 6.00. The Balaban J connectivity index is 1.68. The first-order valence-electron chi connectivity index (χ1n) is 9.83. The first-order chi connectivity index (χ1) is 12.7. The number of anilines is 2. The number of hydrogen-bond donors (Lipinski definition) is 3. The fourth-order valence-corrected chi connectivity index (χ4v) is 5.89. The standard InChI is InChI=1S/C22H26N2O2/c25-16-12-19-17(21(13-16)24(26)15-6-2-1-3-7-15)14-20-18-8-4-5-9-22(18,19)10-11-23-20/h1-3,6-7,12-13,18,20,23,25-26H,4-5,8-11,14H2/t18-,20+,22+/m0/s1. The molecule has 136 valence electrons. The molecule has 4 nitrogen and oxygen atoms in total. The van der Waals surface area contributed by atoms with Gasteiger partial charge in [-0.1, -0.05) is 31.0 Å². The minimum Gasteiger partial charge on any atom is -0.508 e. The molecule has 5 rings (SSSR count). The Kier molecular flexibility index (Phi) is 3.73. The second-order valence-corrected chi connectivity index (χ2v) is 8.16. The van der Waals surface area contributed by atoms with Gasteiger partial charge in [0, 0.05) is 17.5 Å². The molecule has 0 spiro atoms. The molecule has 0 aromatic heterocycles. The largest absolute Gasteiger partial charge is 0.508 e. The van der Waals surface area contributed by atoms with E-state index in [1.807, 2.05) is 36.4 Å². The molecule has 0 amide bonds. The van der Waals surface area contributed by atoms with Gasteiger partial charge >= 0.3 is 0 Å². The molecule has 4 heteroatoms. The Bertz CT molecular complexity index is 818. The Morgan fingerprint density at radius 2 is 1.92 bits per heavy atom. The van der Waals surface area contributed by atoms with Gasteiger partial charge < -0.3 is 10.4 Å². The monoisotopic (exact) mass is 350 g/mol. The molecule has 2 bridgehead atoms. The highest BCUT2D eigenvalue weighted by Gasteiger charge is 2.52. The van der Waals surface area contributed by atoms with Crippen molar-refractivity contribution in [2.24, 2.45) is 5.92 Å². The number of fused-ring (bicyclic) bond motifs is 1. The average molecular weight is 350 g/mol. The van der Waals surface area contributed by atoms with Gasteiger partial charge in [0.1, 0.15) is 5.75 Å². The van der Waals surface area contributed by atoms with Crippen LogP contribution in [0.1, 0.15) is 43.2 Å². The van der Waals surface area contributed by atoms with Crippen LogP contribution in [0.2, 0.25) is 0 Å². The van der Waals surface area contributed by atoms with Crippen molar-refractivity contribution in [2.75, 3.05) is 11.6 Å². The lowest BCUT2D eigenvalue weighted by Crippen LogP contribution is -2.59. The Morgan fingerprint density at radius 1 is 1.08 bits per heavy atom. The summed E-state index contributed by atoms with van der Waals surface area (Å²) < 4.78 is 0.